The van der Waals surface area contributed by atoms with Gasteiger partial charge < -0.3 is 9.47 Å². The summed E-state index contributed by atoms with van der Waals surface area (Å²) in [6, 6.07) is 0. The minimum atomic E-state index is 0.0130. The molecule has 0 spiro atoms. The van der Waals surface area contributed by atoms with Crippen LogP contribution in [0.2, 0.25) is 0 Å². The molecule has 0 aromatic heterocycles. The number of hydrogen-bond donors (Lipinski definition) is 0. The molecule has 0 saturated carbocycles. The fourth-order valence-corrected chi connectivity index (χ4v) is 3.80. The van der Waals surface area contributed by atoms with Crippen molar-refractivity contribution in [3.8, 4) is 0 Å². The van der Waals surface area contributed by atoms with Gasteiger partial charge in [0.25, 0.3) is 0 Å². The van der Waals surface area contributed by atoms with Crippen molar-refractivity contribution in [3.05, 3.63) is 58.2 Å². The van der Waals surface area contributed by atoms with Gasteiger partial charge in [-0.3, -0.25) is 0 Å². The Morgan fingerprint density at radius 1 is 0.562 bits per heavy atom. The first-order valence-electron chi connectivity index (χ1n) is 12.9. The Morgan fingerprint density at radius 3 is 1.34 bits per heavy atom. The van der Waals surface area contributed by atoms with Crippen molar-refractivity contribution in [2.45, 2.75) is 118 Å². The van der Waals surface area contributed by atoms with E-state index in [1.54, 1.807) is 0 Å². The Kier molecular flexibility index (Phi) is 16.2. The van der Waals surface area contributed by atoms with Crippen LogP contribution < -0.4 is 0 Å². The van der Waals surface area contributed by atoms with Crippen molar-refractivity contribution < 1.29 is 9.47 Å². The van der Waals surface area contributed by atoms with E-state index in [0.29, 0.717) is 0 Å². The maximum absolute atomic E-state index is 5.61. The molecule has 32 heavy (non-hydrogen) atoms. The van der Waals surface area contributed by atoms with Gasteiger partial charge >= 0.3 is 0 Å². The quantitative estimate of drug-likeness (QED) is 0.235. The Morgan fingerprint density at radius 2 is 0.938 bits per heavy atom. The maximum Gasteiger partial charge on any atom is 0.157 e. The normalized spacial score (nSPS) is 17.1. The third-order valence-corrected chi connectivity index (χ3v) is 5.98. The van der Waals surface area contributed by atoms with Crippen molar-refractivity contribution in [3.63, 3.8) is 0 Å². The van der Waals surface area contributed by atoms with Crippen molar-refractivity contribution in [2.75, 3.05) is 13.2 Å². The van der Waals surface area contributed by atoms with E-state index < -0.39 is 0 Å². The average molecular weight is 443 g/mol. The van der Waals surface area contributed by atoms with Crippen LogP contribution in [0.25, 0.3) is 0 Å². The highest BCUT2D eigenvalue weighted by molar-refractivity contribution is 5.08. The molecule has 0 bridgehead atoms. The zero-order chi connectivity index (χ0) is 23.6. The molecule has 1 rings (SSSR count). The lowest BCUT2D eigenvalue weighted by molar-refractivity contribution is -0.180. The molecular formula is C30H50O2. The second-order valence-electron chi connectivity index (χ2n) is 9.74. The van der Waals surface area contributed by atoms with Gasteiger partial charge in [-0.25, -0.2) is 0 Å². The topological polar surface area (TPSA) is 18.5 Å². The molecule has 1 heterocycles. The molecular weight excluding hydrogens is 392 g/mol. The van der Waals surface area contributed by atoms with Crippen LogP contribution in [-0.2, 0) is 9.47 Å². The van der Waals surface area contributed by atoms with E-state index in [2.05, 4.69) is 71.9 Å². The van der Waals surface area contributed by atoms with Gasteiger partial charge in [0.15, 0.2) is 6.29 Å². The van der Waals surface area contributed by atoms with Crippen LogP contribution in [0.5, 0.6) is 0 Å². The number of hydrogen-bond acceptors (Lipinski definition) is 2. The molecule has 2 nitrogen and oxygen atoms in total. The molecule has 2 heteroatoms. The lowest BCUT2D eigenvalue weighted by Crippen LogP contribution is -2.24. The van der Waals surface area contributed by atoms with Crippen molar-refractivity contribution in [1.82, 2.24) is 0 Å². The summed E-state index contributed by atoms with van der Waals surface area (Å²) in [5.41, 5.74) is 7.46. The molecule has 182 valence electrons. The summed E-state index contributed by atoms with van der Waals surface area (Å²) in [7, 11) is 0. The second kappa shape index (κ2) is 18.1. The van der Waals surface area contributed by atoms with Crippen LogP contribution in [0.3, 0.4) is 0 Å². The monoisotopic (exact) mass is 442 g/mol. The molecule has 0 aromatic carbocycles. The first kappa shape index (κ1) is 28.7. The third-order valence-electron chi connectivity index (χ3n) is 5.98. The van der Waals surface area contributed by atoms with Gasteiger partial charge in [-0.2, -0.15) is 0 Å². The lowest BCUT2D eigenvalue weighted by Gasteiger charge is -2.22. The Labute approximate surface area is 199 Å². The number of rotatable bonds is 15. The summed E-state index contributed by atoms with van der Waals surface area (Å²) < 4.78 is 11.2. The smallest absolute Gasteiger partial charge is 0.157 e. The molecule has 1 aliphatic heterocycles. The van der Waals surface area contributed by atoms with E-state index in [-0.39, 0.29) is 6.29 Å². The Balaban J connectivity index is 2.16. The lowest BCUT2D eigenvalue weighted by atomic mass is 10.0. The molecule has 0 radical (unpaired) electrons. The number of allylic oxidation sites excluding steroid dienone is 10. The van der Waals surface area contributed by atoms with Crippen molar-refractivity contribution >= 4 is 0 Å². The molecule has 0 atom stereocenters. The van der Waals surface area contributed by atoms with Gasteiger partial charge in [0.05, 0.1) is 13.2 Å². The van der Waals surface area contributed by atoms with E-state index in [4.69, 9.17) is 9.47 Å². The van der Waals surface area contributed by atoms with E-state index in [1.807, 2.05) is 0 Å². The van der Waals surface area contributed by atoms with Crippen molar-refractivity contribution in [1.29, 1.82) is 0 Å². The molecule has 0 unspecified atom stereocenters. The summed E-state index contributed by atoms with van der Waals surface area (Å²) >= 11 is 0. The van der Waals surface area contributed by atoms with Gasteiger partial charge in [-0.05, 0) is 106 Å². The van der Waals surface area contributed by atoms with E-state index in [9.17, 15) is 0 Å². The van der Waals surface area contributed by atoms with E-state index in [0.717, 1.165) is 51.7 Å². The van der Waals surface area contributed by atoms with Gasteiger partial charge in [0.2, 0.25) is 0 Å². The summed E-state index contributed by atoms with van der Waals surface area (Å²) in [5, 5.41) is 0. The number of ether oxygens (including phenoxy) is 2. The van der Waals surface area contributed by atoms with Crippen LogP contribution in [0.15, 0.2) is 58.2 Å². The predicted octanol–water partition coefficient (Wildman–Crippen LogP) is 9.40. The SMILES string of the molecule is CC(C)=CCC/C(C)=C/CC/C(C)=C/CC/C(C)=C/CC/C(C)=C/CCC1OCCCO1. The van der Waals surface area contributed by atoms with Crippen LogP contribution in [-0.4, -0.2) is 19.5 Å². The highest BCUT2D eigenvalue weighted by Gasteiger charge is 2.12. The Bertz CT molecular complexity index is 650. The molecule has 1 saturated heterocycles. The van der Waals surface area contributed by atoms with Crippen LogP contribution in [0.4, 0.5) is 0 Å². The van der Waals surface area contributed by atoms with Crippen LogP contribution in [0, 0.1) is 0 Å². The maximum atomic E-state index is 5.61. The predicted molar refractivity (Wildman–Crippen MR) is 141 cm³/mol. The molecule has 1 fully saturated rings. The largest absolute Gasteiger partial charge is 0.353 e. The molecule has 0 aliphatic carbocycles. The van der Waals surface area contributed by atoms with E-state index >= 15 is 0 Å². The highest BCUT2D eigenvalue weighted by Crippen LogP contribution is 2.16. The van der Waals surface area contributed by atoms with Gasteiger partial charge in [0, 0.05) is 6.42 Å². The van der Waals surface area contributed by atoms with Gasteiger partial charge in [-0.1, -0.05) is 58.2 Å². The van der Waals surface area contributed by atoms with Gasteiger partial charge in [-0.15, -0.1) is 0 Å². The first-order chi connectivity index (χ1) is 15.4. The molecule has 0 aromatic rings. The van der Waals surface area contributed by atoms with Crippen molar-refractivity contribution in [2.24, 2.45) is 0 Å². The molecule has 1 aliphatic rings. The Hall–Kier alpha value is -1.38. The summed E-state index contributed by atoms with van der Waals surface area (Å²) in [5.74, 6) is 0. The fourth-order valence-electron chi connectivity index (χ4n) is 3.80. The standard InChI is InChI=1S/C30H50O2/c1-25(2)13-7-14-26(3)15-8-16-27(4)17-9-18-28(5)19-10-20-29(6)21-11-22-30-31-23-12-24-32-30/h13,15,17,19,21,30H,7-12,14,16,18,20,22-24H2,1-6H3/b26-15+,27-17+,28-19+,29-21+. The molecule has 0 N–H and O–H groups in total. The van der Waals surface area contributed by atoms with Crippen LogP contribution in [0.1, 0.15) is 112 Å². The average Bonchev–Trinajstić information content (AvgIpc) is 2.74. The fraction of sp³-hybridized carbons (Fsp3) is 0.667. The third kappa shape index (κ3) is 16.3. The summed E-state index contributed by atoms with van der Waals surface area (Å²) in [6.07, 6.45) is 24.4. The first-order valence-corrected chi connectivity index (χ1v) is 12.9. The minimum absolute atomic E-state index is 0.0130. The summed E-state index contributed by atoms with van der Waals surface area (Å²) in [6.45, 7) is 15.1. The van der Waals surface area contributed by atoms with E-state index in [1.165, 1.54) is 60.0 Å². The second-order valence-corrected chi connectivity index (χ2v) is 9.74. The summed E-state index contributed by atoms with van der Waals surface area (Å²) in [4.78, 5) is 0. The minimum Gasteiger partial charge on any atom is -0.353 e. The van der Waals surface area contributed by atoms with Crippen LogP contribution >= 0.6 is 0 Å². The zero-order valence-electron chi connectivity index (χ0n) is 22.0. The highest BCUT2D eigenvalue weighted by atomic mass is 16.7. The van der Waals surface area contributed by atoms with Gasteiger partial charge in [0.1, 0.15) is 0 Å². The zero-order valence-corrected chi connectivity index (χ0v) is 22.0. The molecule has 0 amide bonds.